The number of hydrogen-bond donors (Lipinski definition) is 2. The molecule has 0 aliphatic heterocycles. The predicted molar refractivity (Wildman–Crippen MR) is 59.8 cm³/mol. The maximum atomic E-state index is 11.2. The molecular formula is C10H11ClN2O2. The molecule has 1 rings (SSSR count). The Bertz CT molecular complexity index is 437. The molecule has 0 spiro atoms. The van der Waals surface area contributed by atoms with E-state index in [1.807, 2.05) is 0 Å². The molecule has 0 aliphatic rings. The van der Waals surface area contributed by atoms with E-state index in [2.05, 4.69) is 10.3 Å². The number of carbonyl (C=O) groups excluding carboxylic acids is 1. The fourth-order valence-corrected chi connectivity index (χ4v) is 1.16. The number of carbonyl (C=O) groups is 1. The number of pyridine rings is 1. The Morgan fingerprint density at radius 1 is 1.67 bits per heavy atom. The first-order valence-electron chi connectivity index (χ1n) is 4.39. The zero-order valence-electron chi connectivity index (χ0n) is 8.21. The first-order valence-corrected chi connectivity index (χ1v) is 4.76. The van der Waals surface area contributed by atoms with Crippen LogP contribution in [0.2, 0.25) is 5.02 Å². The molecule has 1 aromatic heterocycles. The minimum absolute atomic E-state index is 0.111. The van der Waals surface area contributed by atoms with Crippen molar-refractivity contribution in [3.63, 3.8) is 0 Å². The Morgan fingerprint density at radius 3 is 3.07 bits per heavy atom. The summed E-state index contributed by atoms with van der Waals surface area (Å²) >= 11 is 5.71. The molecular weight excluding hydrogens is 216 g/mol. The van der Waals surface area contributed by atoms with Gasteiger partial charge in [0.15, 0.2) is 0 Å². The summed E-state index contributed by atoms with van der Waals surface area (Å²) in [5, 5.41) is 3.05. The lowest BCUT2D eigenvalue weighted by Crippen LogP contribution is -2.19. The first-order chi connectivity index (χ1) is 7.09. The molecule has 5 heteroatoms. The van der Waals surface area contributed by atoms with Crippen LogP contribution in [0.4, 0.5) is 0 Å². The third kappa shape index (κ3) is 3.99. The molecule has 0 radical (unpaired) electrons. The molecule has 1 heterocycles. The van der Waals surface area contributed by atoms with E-state index in [0.717, 1.165) is 0 Å². The largest absolute Gasteiger partial charge is 0.353 e. The number of halogens is 1. The van der Waals surface area contributed by atoms with Gasteiger partial charge in [-0.25, -0.2) is 0 Å². The smallest absolute Gasteiger partial charge is 0.255 e. The Kier molecular flexibility index (Phi) is 4.12. The van der Waals surface area contributed by atoms with Gasteiger partial charge < -0.3 is 10.3 Å². The Balaban J connectivity index is 2.67. The summed E-state index contributed by atoms with van der Waals surface area (Å²) < 4.78 is 0. The second-order valence-electron chi connectivity index (χ2n) is 2.94. The summed E-state index contributed by atoms with van der Waals surface area (Å²) in [5.74, 6) is -0.111. The van der Waals surface area contributed by atoms with Gasteiger partial charge in [0.05, 0.1) is 5.02 Å². The summed E-state index contributed by atoms with van der Waals surface area (Å²) in [4.78, 5) is 24.3. The van der Waals surface area contributed by atoms with Crippen molar-refractivity contribution in [3.8, 4) is 0 Å². The van der Waals surface area contributed by atoms with Crippen LogP contribution in [-0.4, -0.2) is 17.4 Å². The molecule has 0 saturated heterocycles. The summed E-state index contributed by atoms with van der Waals surface area (Å²) in [6.45, 7) is 1.82. The monoisotopic (exact) mass is 226 g/mol. The van der Waals surface area contributed by atoms with Gasteiger partial charge in [-0.3, -0.25) is 9.59 Å². The van der Waals surface area contributed by atoms with Crippen LogP contribution in [-0.2, 0) is 4.79 Å². The van der Waals surface area contributed by atoms with E-state index >= 15 is 0 Å². The van der Waals surface area contributed by atoms with Crippen molar-refractivity contribution in [2.75, 3.05) is 6.54 Å². The fourth-order valence-electron chi connectivity index (χ4n) is 0.986. The van der Waals surface area contributed by atoms with Gasteiger partial charge in [0.1, 0.15) is 0 Å². The normalized spacial score (nSPS) is 10.5. The van der Waals surface area contributed by atoms with Crippen molar-refractivity contribution in [1.82, 2.24) is 10.3 Å². The van der Waals surface area contributed by atoms with Gasteiger partial charge in [0.2, 0.25) is 5.91 Å². The van der Waals surface area contributed by atoms with Crippen molar-refractivity contribution in [2.24, 2.45) is 0 Å². The molecule has 15 heavy (non-hydrogen) atoms. The van der Waals surface area contributed by atoms with Crippen molar-refractivity contribution < 1.29 is 4.79 Å². The minimum Gasteiger partial charge on any atom is -0.353 e. The first kappa shape index (κ1) is 11.5. The van der Waals surface area contributed by atoms with Crippen molar-refractivity contribution >= 4 is 23.6 Å². The number of H-pyrrole nitrogens is 1. The number of nitrogens with one attached hydrogen (secondary N) is 2. The van der Waals surface area contributed by atoms with Gasteiger partial charge in [0, 0.05) is 25.2 Å². The van der Waals surface area contributed by atoms with Gasteiger partial charge in [-0.1, -0.05) is 23.8 Å². The van der Waals surface area contributed by atoms with Crippen LogP contribution >= 0.6 is 11.6 Å². The highest BCUT2D eigenvalue weighted by Gasteiger charge is 1.95. The highest BCUT2D eigenvalue weighted by atomic mass is 35.5. The minimum atomic E-state index is -0.210. The van der Waals surface area contributed by atoms with Crippen molar-refractivity contribution in [1.29, 1.82) is 0 Å². The number of aromatic amines is 1. The predicted octanol–water partition coefficient (Wildman–Crippen LogP) is 1.18. The second-order valence-corrected chi connectivity index (χ2v) is 3.38. The third-order valence-corrected chi connectivity index (χ3v) is 1.88. The van der Waals surface area contributed by atoms with E-state index in [9.17, 15) is 9.59 Å². The number of amides is 1. The maximum Gasteiger partial charge on any atom is 0.255 e. The molecule has 0 aliphatic carbocycles. The van der Waals surface area contributed by atoms with Gasteiger partial charge in [-0.05, 0) is 6.07 Å². The van der Waals surface area contributed by atoms with Crippen LogP contribution in [0.5, 0.6) is 0 Å². The van der Waals surface area contributed by atoms with Gasteiger partial charge in [0.25, 0.3) is 5.56 Å². The van der Waals surface area contributed by atoms with E-state index < -0.39 is 0 Å². The highest BCUT2D eigenvalue weighted by Crippen LogP contribution is 2.05. The average molecular weight is 227 g/mol. The molecule has 1 aromatic rings. The van der Waals surface area contributed by atoms with Crippen molar-refractivity contribution in [2.45, 2.75) is 6.92 Å². The van der Waals surface area contributed by atoms with Gasteiger partial charge in [-0.2, -0.15) is 0 Å². The molecule has 4 nitrogen and oxygen atoms in total. The standard InChI is InChI=1S/C10H11ClN2O2/c1-7(14)12-4-2-3-8-5-9(11)6-13-10(8)15/h2-3,5-6H,4H2,1H3,(H,12,14)(H,13,15). The lowest BCUT2D eigenvalue weighted by Gasteiger charge is -1.95. The molecule has 1 amide bonds. The van der Waals surface area contributed by atoms with E-state index in [1.165, 1.54) is 13.1 Å². The molecule has 2 N–H and O–H groups in total. The molecule has 0 saturated carbocycles. The van der Waals surface area contributed by atoms with Crippen LogP contribution in [0.15, 0.2) is 23.1 Å². The second kappa shape index (κ2) is 5.36. The molecule has 0 aromatic carbocycles. The summed E-state index contributed by atoms with van der Waals surface area (Å²) in [7, 11) is 0. The molecule has 0 atom stereocenters. The topological polar surface area (TPSA) is 62.0 Å². The van der Waals surface area contributed by atoms with Crippen molar-refractivity contribution in [3.05, 3.63) is 39.3 Å². The molecule has 80 valence electrons. The Morgan fingerprint density at radius 2 is 2.40 bits per heavy atom. The number of hydrogen-bond acceptors (Lipinski definition) is 2. The van der Waals surface area contributed by atoms with Crippen LogP contribution < -0.4 is 10.9 Å². The third-order valence-electron chi connectivity index (χ3n) is 1.66. The van der Waals surface area contributed by atoms with Crippen LogP contribution in [0.3, 0.4) is 0 Å². The Hall–Kier alpha value is -1.55. The maximum absolute atomic E-state index is 11.2. The SMILES string of the molecule is CC(=O)NCC=Cc1cc(Cl)c[nH]c1=O. The van der Waals surface area contributed by atoms with E-state index in [1.54, 1.807) is 18.2 Å². The lowest BCUT2D eigenvalue weighted by molar-refractivity contribution is -0.118. The highest BCUT2D eigenvalue weighted by molar-refractivity contribution is 6.30. The van der Waals surface area contributed by atoms with E-state index in [4.69, 9.17) is 11.6 Å². The lowest BCUT2D eigenvalue weighted by atomic mass is 10.2. The molecule has 0 bridgehead atoms. The average Bonchev–Trinajstić information content (AvgIpc) is 2.17. The van der Waals surface area contributed by atoms with E-state index in [-0.39, 0.29) is 11.5 Å². The molecule has 0 unspecified atom stereocenters. The zero-order chi connectivity index (χ0) is 11.3. The summed E-state index contributed by atoms with van der Waals surface area (Å²) in [6.07, 6.45) is 4.72. The van der Waals surface area contributed by atoms with Gasteiger partial charge in [-0.15, -0.1) is 0 Å². The molecule has 0 fully saturated rings. The van der Waals surface area contributed by atoms with Crippen LogP contribution in [0, 0.1) is 0 Å². The van der Waals surface area contributed by atoms with Crippen LogP contribution in [0.25, 0.3) is 6.08 Å². The fraction of sp³-hybridized carbons (Fsp3) is 0.200. The summed E-state index contributed by atoms with van der Waals surface area (Å²) in [5.41, 5.74) is 0.256. The van der Waals surface area contributed by atoms with Gasteiger partial charge >= 0.3 is 0 Å². The Labute approximate surface area is 92.0 Å². The quantitative estimate of drug-likeness (QED) is 0.813. The number of aromatic nitrogens is 1. The van der Waals surface area contributed by atoms with Crippen LogP contribution in [0.1, 0.15) is 12.5 Å². The number of rotatable bonds is 3. The summed E-state index contributed by atoms with van der Waals surface area (Å²) in [6, 6.07) is 1.56. The zero-order valence-corrected chi connectivity index (χ0v) is 8.97. The van der Waals surface area contributed by atoms with E-state index in [0.29, 0.717) is 17.1 Å².